The van der Waals surface area contributed by atoms with Crippen molar-refractivity contribution in [3.8, 4) is 11.3 Å². The van der Waals surface area contributed by atoms with E-state index in [9.17, 15) is 4.39 Å². The van der Waals surface area contributed by atoms with Crippen LogP contribution in [0.2, 0.25) is 5.15 Å². The molecule has 0 N–H and O–H groups in total. The molecule has 3 aromatic heterocycles. The molecule has 5 rings (SSSR count). The molecule has 0 saturated carbocycles. The van der Waals surface area contributed by atoms with E-state index in [0.717, 1.165) is 11.3 Å². The van der Waals surface area contributed by atoms with Gasteiger partial charge in [-0.2, -0.15) is 4.58 Å². The van der Waals surface area contributed by atoms with Crippen molar-refractivity contribution in [2.45, 2.75) is 6.54 Å². The average Bonchev–Trinajstić information content (AvgIpc) is 3.27. The Labute approximate surface area is 176 Å². The van der Waals surface area contributed by atoms with Gasteiger partial charge in [-0.3, -0.25) is 4.98 Å². The van der Waals surface area contributed by atoms with Crippen LogP contribution in [0.25, 0.3) is 17.0 Å². The Bertz CT molecular complexity index is 1290. The number of halogens is 2. The van der Waals surface area contributed by atoms with Crippen molar-refractivity contribution in [1.29, 1.82) is 0 Å². The van der Waals surface area contributed by atoms with Crippen LogP contribution in [0.4, 0.5) is 4.39 Å². The summed E-state index contributed by atoms with van der Waals surface area (Å²) in [5, 5.41) is 4.30. The lowest BCUT2D eigenvalue weighted by Crippen LogP contribution is -2.30. The molecule has 0 aliphatic carbocycles. The second-order valence-corrected chi connectivity index (χ2v) is 7.01. The van der Waals surface area contributed by atoms with Gasteiger partial charge in [0, 0.05) is 30.1 Å². The monoisotopic (exact) mass is 418 g/mol. The highest BCUT2D eigenvalue weighted by Crippen LogP contribution is 2.27. The zero-order valence-corrected chi connectivity index (χ0v) is 16.3. The highest BCUT2D eigenvalue weighted by Gasteiger charge is 2.36. The predicted octanol–water partition coefficient (Wildman–Crippen LogP) is 4.38. The molecule has 1 aliphatic heterocycles. The Kier molecular flexibility index (Phi) is 4.65. The molecule has 30 heavy (non-hydrogen) atoms. The van der Waals surface area contributed by atoms with Crippen molar-refractivity contribution in [3.05, 3.63) is 101 Å². The third kappa shape index (κ3) is 3.40. The lowest BCUT2D eigenvalue weighted by Gasteiger charge is -2.16. The molecule has 6 nitrogen and oxygen atoms in total. The first-order valence-electron chi connectivity index (χ1n) is 9.15. The van der Waals surface area contributed by atoms with Crippen molar-refractivity contribution in [3.63, 3.8) is 0 Å². The minimum Gasteiger partial charge on any atom is -0.364 e. The molecule has 0 spiro atoms. The number of benzene rings is 1. The Morgan fingerprint density at radius 3 is 2.70 bits per heavy atom. The van der Waals surface area contributed by atoms with Crippen molar-refractivity contribution in [2.75, 3.05) is 0 Å². The third-order valence-electron chi connectivity index (χ3n) is 4.72. The molecular formula is C22H14ClFN5O+. The van der Waals surface area contributed by atoms with Crippen LogP contribution in [0.1, 0.15) is 17.1 Å². The van der Waals surface area contributed by atoms with Gasteiger partial charge in [-0.15, -0.1) is 0 Å². The van der Waals surface area contributed by atoms with E-state index in [4.69, 9.17) is 16.1 Å². The molecule has 0 amide bonds. The summed E-state index contributed by atoms with van der Waals surface area (Å²) in [7, 11) is 0. The van der Waals surface area contributed by atoms with Gasteiger partial charge in [-0.1, -0.05) is 28.9 Å². The molecule has 0 fully saturated rings. The summed E-state index contributed by atoms with van der Waals surface area (Å²) in [6.07, 6.45) is 6.78. The number of nitrogens with zero attached hydrogens (tertiary/aromatic N) is 5. The summed E-state index contributed by atoms with van der Waals surface area (Å²) in [5.41, 5.74) is 4.16. The van der Waals surface area contributed by atoms with Crippen LogP contribution in [0, 0.1) is 5.82 Å². The zero-order valence-electron chi connectivity index (χ0n) is 15.5. The van der Waals surface area contributed by atoms with Gasteiger partial charge in [0.05, 0.1) is 17.3 Å². The Balaban J connectivity index is 1.59. The lowest BCUT2D eigenvalue weighted by molar-refractivity contribution is -0.458. The molecule has 8 heteroatoms. The molecule has 0 saturated heterocycles. The first-order chi connectivity index (χ1) is 14.7. The standard InChI is InChI=1S/C22H14ClFN5O/c23-21-10-18(14-5-3-8-25-12-14)26-22(27-21)20-11-19(17-7-9-30-28-17)29(20)13-15-4-1-2-6-16(15)24/h1-12H,13H2/q+1. The molecule has 4 aromatic rings. The number of rotatable bonds is 5. The molecule has 146 valence electrons. The topological polar surface area (TPSA) is 67.7 Å². The summed E-state index contributed by atoms with van der Waals surface area (Å²) >= 11 is 6.28. The zero-order chi connectivity index (χ0) is 20.5. The van der Waals surface area contributed by atoms with Crippen molar-refractivity contribution in [2.24, 2.45) is 0 Å². The molecular weight excluding hydrogens is 405 g/mol. The van der Waals surface area contributed by atoms with Crippen LogP contribution in [-0.2, 0) is 6.54 Å². The number of allylic oxidation sites excluding steroid dienone is 1. The van der Waals surface area contributed by atoms with Gasteiger partial charge in [0.1, 0.15) is 17.2 Å². The van der Waals surface area contributed by atoms with Crippen LogP contribution in [0.3, 0.4) is 0 Å². The van der Waals surface area contributed by atoms with Crippen molar-refractivity contribution >= 4 is 23.0 Å². The second kappa shape index (κ2) is 7.61. The van der Waals surface area contributed by atoms with E-state index in [1.54, 1.807) is 42.7 Å². The Morgan fingerprint density at radius 1 is 1.03 bits per heavy atom. The normalized spacial score (nSPS) is 13.2. The number of aromatic nitrogens is 4. The second-order valence-electron chi connectivity index (χ2n) is 6.62. The fourth-order valence-corrected chi connectivity index (χ4v) is 3.44. The SMILES string of the molecule is Fc1ccccc1C[N+]1=C(c2nc(Cl)cc(-c3cccnc3)n2)C=C1c1ccon1. The van der Waals surface area contributed by atoms with Crippen LogP contribution in [0.15, 0.2) is 77.8 Å². The van der Waals surface area contributed by atoms with Gasteiger partial charge in [0.25, 0.3) is 5.71 Å². The molecule has 0 unspecified atom stereocenters. The van der Waals surface area contributed by atoms with E-state index in [2.05, 4.69) is 20.1 Å². The van der Waals surface area contributed by atoms with Gasteiger partial charge in [0.2, 0.25) is 11.5 Å². The maximum Gasteiger partial charge on any atom is 0.258 e. The van der Waals surface area contributed by atoms with Crippen molar-refractivity contribution < 1.29 is 13.5 Å². The van der Waals surface area contributed by atoms with E-state index in [1.165, 1.54) is 12.3 Å². The number of hydrogen-bond donors (Lipinski definition) is 0. The molecule has 0 radical (unpaired) electrons. The van der Waals surface area contributed by atoms with Gasteiger partial charge < -0.3 is 4.52 Å². The van der Waals surface area contributed by atoms with E-state index >= 15 is 0 Å². The highest BCUT2D eigenvalue weighted by atomic mass is 35.5. The van der Waals surface area contributed by atoms with E-state index in [0.29, 0.717) is 40.2 Å². The predicted molar refractivity (Wildman–Crippen MR) is 109 cm³/mol. The van der Waals surface area contributed by atoms with Gasteiger partial charge in [-0.25, -0.2) is 14.4 Å². The summed E-state index contributed by atoms with van der Waals surface area (Å²) in [6.45, 7) is 0.290. The van der Waals surface area contributed by atoms with Crippen LogP contribution < -0.4 is 0 Å². The van der Waals surface area contributed by atoms with Gasteiger partial charge in [0.15, 0.2) is 12.2 Å². The minimum absolute atomic E-state index is 0.286. The fraction of sp³-hybridized carbons (Fsp3) is 0.0455. The van der Waals surface area contributed by atoms with E-state index < -0.39 is 0 Å². The molecule has 0 bridgehead atoms. The Morgan fingerprint density at radius 2 is 1.93 bits per heavy atom. The minimum atomic E-state index is -0.286. The maximum atomic E-state index is 14.3. The number of hydrogen-bond acceptors (Lipinski definition) is 5. The van der Waals surface area contributed by atoms with Crippen LogP contribution in [0.5, 0.6) is 0 Å². The van der Waals surface area contributed by atoms with E-state index in [-0.39, 0.29) is 5.82 Å². The average molecular weight is 419 g/mol. The van der Waals surface area contributed by atoms with Gasteiger partial charge >= 0.3 is 0 Å². The smallest absolute Gasteiger partial charge is 0.258 e. The largest absolute Gasteiger partial charge is 0.364 e. The fourth-order valence-electron chi connectivity index (χ4n) is 3.25. The first-order valence-corrected chi connectivity index (χ1v) is 9.52. The van der Waals surface area contributed by atoms with Gasteiger partial charge in [-0.05, 0) is 24.3 Å². The lowest BCUT2D eigenvalue weighted by atomic mass is 10.1. The summed E-state index contributed by atoms with van der Waals surface area (Å²) in [5.74, 6) is 0.149. The van der Waals surface area contributed by atoms with Crippen LogP contribution >= 0.6 is 11.6 Å². The van der Waals surface area contributed by atoms with Crippen LogP contribution in [-0.4, -0.2) is 30.4 Å². The highest BCUT2D eigenvalue weighted by molar-refractivity contribution is 6.30. The maximum absolute atomic E-state index is 14.3. The van der Waals surface area contributed by atoms with E-state index in [1.807, 2.05) is 22.8 Å². The summed E-state index contributed by atoms with van der Waals surface area (Å²) in [6, 6.07) is 13.8. The molecule has 4 heterocycles. The molecule has 1 aromatic carbocycles. The quantitative estimate of drug-likeness (QED) is 0.355. The number of pyridine rings is 1. The van der Waals surface area contributed by atoms with Crippen molar-refractivity contribution in [1.82, 2.24) is 20.1 Å². The molecule has 1 aliphatic rings. The first kappa shape index (κ1) is 18.3. The Hall–Kier alpha value is -3.71. The summed E-state index contributed by atoms with van der Waals surface area (Å²) < 4.78 is 21.2. The summed E-state index contributed by atoms with van der Waals surface area (Å²) in [4.78, 5) is 13.2. The third-order valence-corrected chi connectivity index (χ3v) is 4.92. The molecule has 0 atom stereocenters.